The van der Waals surface area contributed by atoms with Gasteiger partial charge >= 0.3 is 5.97 Å². The standard InChI is InChI=1S/C14H14N2O2/c1-14(2,3)18-13(17)12(9-16)11-6-4-10(8-15)5-7-11/h4-7,12H,1-3H3. The number of carbonyl (C=O) groups excluding carboxylic acids is 1. The Morgan fingerprint density at radius 1 is 1.22 bits per heavy atom. The maximum absolute atomic E-state index is 11.8. The molecule has 1 aromatic carbocycles. The summed E-state index contributed by atoms with van der Waals surface area (Å²) in [5, 5.41) is 17.7. The van der Waals surface area contributed by atoms with Gasteiger partial charge in [-0.05, 0) is 38.5 Å². The van der Waals surface area contributed by atoms with Crippen LogP contribution in [0, 0.1) is 22.7 Å². The van der Waals surface area contributed by atoms with Crippen LogP contribution < -0.4 is 0 Å². The molecule has 1 rings (SSSR count). The van der Waals surface area contributed by atoms with Crippen LogP contribution in [0.15, 0.2) is 24.3 Å². The highest BCUT2D eigenvalue weighted by molar-refractivity contribution is 5.81. The molecule has 1 atom stereocenters. The first-order valence-electron chi connectivity index (χ1n) is 5.50. The Labute approximate surface area is 106 Å². The molecule has 1 unspecified atom stereocenters. The molecule has 0 aromatic heterocycles. The SMILES string of the molecule is CC(C)(C)OC(=O)C(C#N)c1ccc(C#N)cc1. The van der Waals surface area contributed by atoms with E-state index in [4.69, 9.17) is 15.3 Å². The number of hydrogen-bond acceptors (Lipinski definition) is 4. The van der Waals surface area contributed by atoms with Crippen molar-refractivity contribution in [3.8, 4) is 12.1 Å². The second-order valence-corrected chi connectivity index (χ2v) is 4.83. The largest absolute Gasteiger partial charge is 0.459 e. The topological polar surface area (TPSA) is 73.9 Å². The molecule has 1 aromatic rings. The van der Waals surface area contributed by atoms with Crippen molar-refractivity contribution >= 4 is 5.97 Å². The third-order valence-electron chi connectivity index (χ3n) is 2.14. The fourth-order valence-corrected chi connectivity index (χ4v) is 1.37. The maximum atomic E-state index is 11.8. The minimum Gasteiger partial charge on any atom is -0.459 e. The highest BCUT2D eigenvalue weighted by Gasteiger charge is 2.26. The van der Waals surface area contributed by atoms with Crippen LogP contribution >= 0.6 is 0 Å². The Kier molecular flexibility index (Phi) is 4.07. The van der Waals surface area contributed by atoms with Gasteiger partial charge in [-0.25, -0.2) is 0 Å². The lowest BCUT2D eigenvalue weighted by Crippen LogP contribution is -2.27. The van der Waals surface area contributed by atoms with Crippen molar-refractivity contribution in [2.75, 3.05) is 0 Å². The van der Waals surface area contributed by atoms with Gasteiger partial charge in [-0.2, -0.15) is 10.5 Å². The average Bonchev–Trinajstić information content (AvgIpc) is 2.28. The van der Waals surface area contributed by atoms with Crippen molar-refractivity contribution in [2.45, 2.75) is 32.3 Å². The number of benzene rings is 1. The molecule has 4 nitrogen and oxygen atoms in total. The van der Waals surface area contributed by atoms with Crippen LogP contribution in [0.25, 0.3) is 0 Å². The van der Waals surface area contributed by atoms with E-state index < -0.39 is 17.5 Å². The molecule has 0 saturated carbocycles. The van der Waals surface area contributed by atoms with Gasteiger partial charge in [0.25, 0.3) is 0 Å². The summed E-state index contributed by atoms with van der Waals surface area (Å²) < 4.78 is 5.18. The van der Waals surface area contributed by atoms with Gasteiger partial charge in [-0.15, -0.1) is 0 Å². The Hall–Kier alpha value is -2.33. The van der Waals surface area contributed by atoms with Crippen LogP contribution in [0.3, 0.4) is 0 Å². The van der Waals surface area contributed by atoms with Crippen molar-refractivity contribution in [2.24, 2.45) is 0 Å². The molecule has 0 saturated heterocycles. The normalized spacial score (nSPS) is 12.1. The molecule has 0 aliphatic heterocycles. The predicted octanol–water partition coefficient (Wildman–Crippen LogP) is 2.51. The zero-order chi connectivity index (χ0) is 13.8. The lowest BCUT2D eigenvalue weighted by atomic mass is 9.99. The molecular weight excluding hydrogens is 228 g/mol. The van der Waals surface area contributed by atoms with Gasteiger partial charge in [0.15, 0.2) is 5.92 Å². The molecule has 4 heteroatoms. The molecule has 0 bridgehead atoms. The molecule has 0 spiro atoms. The fourth-order valence-electron chi connectivity index (χ4n) is 1.37. The van der Waals surface area contributed by atoms with Gasteiger partial charge in [0.1, 0.15) is 5.60 Å². The summed E-state index contributed by atoms with van der Waals surface area (Å²) in [4.78, 5) is 11.8. The van der Waals surface area contributed by atoms with E-state index in [1.54, 1.807) is 45.0 Å². The number of nitrogens with zero attached hydrogens (tertiary/aromatic N) is 2. The molecule has 0 aliphatic rings. The number of ether oxygens (including phenoxy) is 1. The van der Waals surface area contributed by atoms with E-state index in [1.807, 2.05) is 12.1 Å². The van der Waals surface area contributed by atoms with Crippen molar-refractivity contribution in [3.05, 3.63) is 35.4 Å². The lowest BCUT2D eigenvalue weighted by Gasteiger charge is -2.21. The zero-order valence-electron chi connectivity index (χ0n) is 10.6. The Morgan fingerprint density at radius 2 is 1.78 bits per heavy atom. The van der Waals surface area contributed by atoms with E-state index in [0.29, 0.717) is 11.1 Å². The highest BCUT2D eigenvalue weighted by Crippen LogP contribution is 2.20. The van der Waals surface area contributed by atoms with E-state index in [0.717, 1.165) is 0 Å². The first kappa shape index (κ1) is 13.7. The summed E-state index contributed by atoms with van der Waals surface area (Å²) in [5.41, 5.74) is 0.393. The summed E-state index contributed by atoms with van der Waals surface area (Å²) >= 11 is 0. The van der Waals surface area contributed by atoms with Crippen molar-refractivity contribution < 1.29 is 9.53 Å². The van der Waals surface area contributed by atoms with E-state index >= 15 is 0 Å². The number of rotatable bonds is 2. The van der Waals surface area contributed by atoms with Crippen molar-refractivity contribution in [3.63, 3.8) is 0 Å². The van der Waals surface area contributed by atoms with E-state index in [9.17, 15) is 4.79 Å². The molecule has 0 heterocycles. The Bertz CT molecular complexity index is 513. The summed E-state index contributed by atoms with van der Waals surface area (Å²) in [6.45, 7) is 5.24. The molecule has 18 heavy (non-hydrogen) atoms. The molecule has 92 valence electrons. The molecule has 0 fully saturated rings. The third kappa shape index (κ3) is 3.61. The van der Waals surface area contributed by atoms with E-state index in [-0.39, 0.29) is 0 Å². The molecule has 0 N–H and O–H groups in total. The number of nitriles is 2. The van der Waals surface area contributed by atoms with Crippen LogP contribution in [-0.2, 0) is 9.53 Å². The average molecular weight is 242 g/mol. The van der Waals surface area contributed by atoms with Gasteiger partial charge in [-0.1, -0.05) is 12.1 Å². The summed E-state index contributed by atoms with van der Waals surface area (Å²) in [6, 6.07) is 10.2. The van der Waals surface area contributed by atoms with Crippen LogP contribution in [-0.4, -0.2) is 11.6 Å². The number of esters is 1. The second-order valence-electron chi connectivity index (χ2n) is 4.83. The smallest absolute Gasteiger partial charge is 0.328 e. The third-order valence-corrected chi connectivity index (χ3v) is 2.14. The fraction of sp³-hybridized carbons (Fsp3) is 0.357. The van der Waals surface area contributed by atoms with Crippen LogP contribution in [0.2, 0.25) is 0 Å². The van der Waals surface area contributed by atoms with E-state index in [2.05, 4.69) is 0 Å². The quantitative estimate of drug-likeness (QED) is 0.747. The number of hydrogen-bond donors (Lipinski definition) is 0. The van der Waals surface area contributed by atoms with Gasteiger partial charge in [0.2, 0.25) is 0 Å². The summed E-state index contributed by atoms with van der Waals surface area (Å²) in [7, 11) is 0. The lowest BCUT2D eigenvalue weighted by molar-refractivity contribution is -0.155. The number of carbonyl (C=O) groups is 1. The highest BCUT2D eigenvalue weighted by atomic mass is 16.6. The van der Waals surface area contributed by atoms with E-state index in [1.165, 1.54) is 0 Å². The molecule has 0 radical (unpaired) electrons. The van der Waals surface area contributed by atoms with Gasteiger partial charge < -0.3 is 4.74 Å². The maximum Gasteiger partial charge on any atom is 0.328 e. The minimum atomic E-state index is -0.961. The summed E-state index contributed by atoms with van der Waals surface area (Å²) in [5.74, 6) is -1.54. The Morgan fingerprint density at radius 3 is 2.17 bits per heavy atom. The first-order chi connectivity index (χ1) is 8.37. The zero-order valence-corrected chi connectivity index (χ0v) is 10.6. The van der Waals surface area contributed by atoms with Gasteiger partial charge in [0, 0.05) is 0 Å². The van der Waals surface area contributed by atoms with Crippen molar-refractivity contribution in [1.29, 1.82) is 10.5 Å². The minimum absolute atomic E-state index is 0.486. The predicted molar refractivity (Wildman–Crippen MR) is 65.4 cm³/mol. The van der Waals surface area contributed by atoms with Crippen molar-refractivity contribution in [1.82, 2.24) is 0 Å². The molecule has 0 aliphatic carbocycles. The molecular formula is C14H14N2O2. The van der Waals surface area contributed by atoms with Crippen LogP contribution in [0.5, 0.6) is 0 Å². The summed E-state index contributed by atoms with van der Waals surface area (Å²) in [6.07, 6.45) is 0. The molecule has 0 amide bonds. The monoisotopic (exact) mass is 242 g/mol. The Balaban J connectivity index is 2.94. The van der Waals surface area contributed by atoms with Crippen LogP contribution in [0.4, 0.5) is 0 Å². The van der Waals surface area contributed by atoms with Gasteiger partial charge in [0.05, 0.1) is 17.7 Å². The van der Waals surface area contributed by atoms with Gasteiger partial charge in [-0.3, -0.25) is 4.79 Å². The first-order valence-corrected chi connectivity index (χ1v) is 5.50. The van der Waals surface area contributed by atoms with Crippen LogP contribution in [0.1, 0.15) is 37.8 Å². The second kappa shape index (κ2) is 5.33.